The average molecular weight is 199 g/mol. The Morgan fingerprint density at radius 2 is 1.93 bits per heavy atom. The third kappa shape index (κ3) is 2.34. The van der Waals surface area contributed by atoms with E-state index < -0.39 is 0 Å². The van der Waals surface area contributed by atoms with Crippen LogP contribution in [0.25, 0.3) is 0 Å². The first kappa shape index (κ1) is 11.7. The molecular weight excluding hydrogens is 178 g/mol. The van der Waals surface area contributed by atoms with Crippen molar-refractivity contribution in [3.8, 4) is 0 Å². The average Bonchev–Trinajstić information content (AvgIpc) is 2.09. The molecule has 0 aromatic rings. The van der Waals surface area contributed by atoms with Crippen molar-refractivity contribution in [1.29, 1.82) is 0 Å². The van der Waals surface area contributed by atoms with E-state index in [9.17, 15) is 9.90 Å². The molecule has 14 heavy (non-hydrogen) atoms. The zero-order valence-corrected chi connectivity index (χ0v) is 9.45. The van der Waals surface area contributed by atoms with Crippen LogP contribution < -0.4 is 5.32 Å². The van der Waals surface area contributed by atoms with Crippen LogP contribution in [0.2, 0.25) is 0 Å². The summed E-state index contributed by atoms with van der Waals surface area (Å²) in [5.41, 5.74) is 0. The SMILES string of the molecule is CC(C)N[C@@H]1[C@H](O)C[C@@H]1C(=O)C(C)C. The van der Waals surface area contributed by atoms with Gasteiger partial charge in [-0.25, -0.2) is 0 Å². The molecule has 1 fully saturated rings. The van der Waals surface area contributed by atoms with E-state index in [1.807, 2.05) is 27.7 Å². The first-order valence-corrected chi connectivity index (χ1v) is 5.41. The first-order chi connectivity index (χ1) is 6.43. The summed E-state index contributed by atoms with van der Waals surface area (Å²) >= 11 is 0. The van der Waals surface area contributed by atoms with Crippen LogP contribution in [-0.4, -0.2) is 29.1 Å². The van der Waals surface area contributed by atoms with Crippen LogP contribution >= 0.6 is 0 Å². The topological polar surface area (TPSA) is 49.3 Å². The Hall–Kier alpha value is -0.410. The molecule has 0 amide bonds. The molecule has 0 saturated heterocycles. The van der Waals surface area contributed by atoms with E-state index in [2.05, 4.69) is 5.32 Å². The summed E-state index contributed by atoms with van der Waals surface area (Å²) in [5.74, 6) is 0.366. The largest absolute Gasteiger partial charge is 0.391 e. The Labute approximate surface area is 85.9 Å². The maximum atomic E-state index is 11.7. The molecule has 1 aliphatic carbocycles. The fourth-order valence-corrected chi connectivity index (χ4v) is 1.96. The van der Waals surface area contributed by atoms with Gasteiger partial charge < -0.3 is 10.4 Å². The van der Waals surface area contributed by atoms with Crippen molar-refractivity contribution in [2.24, 2.45) is 11.8 Å². The highest BCUT2D eigenvalue weighted by Crippen LogP contribution is 2.31. The number of aliphatic hydroxyl groups excluding tert-OH is 1. The summed E-state index contributed by atoms with van der Waals surface area (Å²) in [6.45, 7) is 7.89. The van der Waals surface area contributed by atoms with Gasteiger partial charge in [-0.15, -0.1) is 0 Å². The highest BCUT2D eigenvalue weighted by Gasteiger charge is 2.44. The Kier molecular flexibility index (Phi) is 3.67. The van der Waals surface area contributed by atoms with E-state index in [0.717, 1.165) is 0 Å². The van der Waals surface area contributed by atoms with Crippen LogP contribution in [0.1, 0.15) is 34.1 Å². The molecule has 0 aromatic carbocycles. The Morgan fingerprint density at radius 1 is 1.36 bits per heavy atom. The highest BCUT2D eigenvalue weighted by molar-refractivity contribution is 5.84. The zero-order valence-electron chi connectivity index (χ0n) is 9.45. The number of nitrogens with one attached hydrogen (secondary N) is 1. The smallest absolute Gasteiger partial charge is 0.140 e. The molecule has 3 atom stereocenters. The van der Waals surface area contributed by atoms with Gasteiger partial charge in [-0.05, 0) is 6.42 Å². The summed E-state index contributed by atoms with van der Waals surface area (Å²) in [4.78, 5) is 11.7. The molecule has 0 unspecified atom stereocenters. The summed E-state index contributed by atoms with van der Waals surface area (Å²) in [6.07, 6.45) is 0.284. The normalized spacial score (nSPS) is 32.1. The van der Waals surface area contributed by atoms with Crippen LogP contribution in [0.3, 0.4) is 0 Å². The number of hydrogen-bond acceptors (Lipinski definition) is 3. The molecule has 1 saturated carbocycles. The fourth-order valence-electron chi connectivity index (χ4n) is 1.96. The predicted octanol–water partition coefficient (Wildman–Crippen LogP) is 0.959. The van der Waals surface area contributed by atoms with Gasteiger partial charge in [-0.2, -0.15) is 0 Å². The van der Waals surface area contributed by atoms with Crippen molar-refractivity contribution < 1.29 is 9.90 Å². The second kappa shape index (κ2) is 4.41. The zero-order chi connectivity index (χ0) is 10.9. The maximum absolute atomic E-state index is 11.7. The van der Waals surface area contributed by atoms with Crippen molar-refractivity contribution in [2.45, 2.75) is 52.3 Å². The number of Topliss-reactive ketones (excluding diaryl/α,β-unsaturated/α-hetero) is 1. The van der Waals surface area contributed by atoms with E-state index in [0.29, 0.717) is 12.5 Å². The van der Waals surface area contributed by atoms with E-state index in [1.54, 1.807) is 0 Å². The minimum absolute atomic E-state index is 0.0207. The molecule has 3 heteroatoms. The monoisotopic (exact) mass is 199 g/mol. The van der Waals surface area contributed by atoms with Crippen molar-refractivity contribution in [2.75, 3.05) is 0 Å². The number of hydrogen-bond donors (Lipinski definition) is 2. The lowest BCUT2D eigenvalue weighted by molar-refractivity contribution is -0.135. The van der Waals surface area contributed by atoms with Crippen LogP contribution in [0.4, 0.5) is 0 Å². The summed E-state index contributed by atoms with van der Waals surface area (Å²) in [5, 5.41) is 12.8. The number of carbonyl (C=O) groups is 1. The highest BCUT2D eigenvalue weighted by atomic mass is 16.3. The molecule has 0 bridgehead atoms. The molecule has 0 heterocycles. The first-order valence-electron chi connectivity index (χ1n) is 5.41. The van der Waals surface area contributed by atoms with E-state index >= 15 is 0 Å². The molecule has 0 spiro atoms. The summed E-state index contributed by atoms with van der Waals surface area (Å²) in [6, 6.07) is 0.294. The number of rotatable bonds is 4. The third-order valence-corrected chi connectivity index (χ3v) is 2.80. The second-order valence-electron chi connectivity index (χ2n) is 4.81. The third-order valence-electron chi connectivity index (χ3n) is 2.80. The van der Waals surface area contributed by atoms with E-state index in [-0.39, 0.29) is 29.8 Å². The minimum atomic E-state index is -0.343. The van der Waals surface area contributed by atoms with Crippen LogP contribution in [0, 0.1) is 11.8 Å². The molecule has 2 N–H and O–H groups in total. The van der Waals surface area contributed by atoms with Crippen LogP contribution in [-0.2, 0) is 4.79 Å². The van der Waals surface area contributed by atoms with E-state index in [1.165, 1.54) is 0 Å². The summed E-state index contributed by atoms with van der Waals surface area (Å²) in [7, 11) is 0. The molecule has 0 aromatic heterocycles. The lowest BCUT2D eigenvalue weighted by atomic mass is 9.71. The molecule has 3 nitrogen and oxygen atoms in total. The number of ketones is 1. The van der Waals surface area contributed by atoms with Gasteiger partial charge in [0, 0.05) is 23.9 Å². The van der Waals surface area contributed by atoms with Gasteiger partial charge in [0.1, 0.15) is 5.78 Å². The van der Waals surface area contributed by atoms with Crippen molar-refractivity contribution in [1.82, 2.24) is 5.32 Å². The van der Waals surface area contributed by atoms with Gasteiger partial charge in [0.25, 0.3) is 0 Å². The van der Waals surface area contributed by atoms with Crippen molar-refractivity contribution >= 4 is 5.78 Å². The van der Waals surface area contributed by atoms with Gasteiger partial charge in [0.15, 0.2) is 0 Å². The Balaban J connectivity index is 2.52. The Morgan fingerprint density at radius 3 is 2.29 bits per heavy atom. The van der Waals surface area contributed by atoms with Crippen LogP contribution in [0.5, 0.6) is 0 Å². The quantitative estimate of drug-likeness (QED) is 0.709. The standard InChI is InChI=1S/C11H21NO2/c1-6(2)11(14)8-5-9(13)10(8)12-7(3)4/h6-10,12-13H,5H2,1-4H3/t8-,9+,10-/m0/s1. The maximum Gasteiger partial charge on any atom is 0.140 e. The molecular formula is C11H21NO2. The Bertz CT molecular complexity index is 213. The molecule has 1 rings (SSSR count). The minimum Gasteiger partial charge on any atom is -0.391 e. The number of carbonyl (C=O) groups excluding carboxylic acids is 1. The van der Waals surface area contributed by atoms with E-state index in [4.69, 9.17) is 0 Å². The molecule has 0 radical (unpaired) electrons. The van der Waals surface area contributed by atoms with Gasteiger partial charge in [-0.1, -0.05) is 27.7 Å². The fraction of sp³-hybridized carbons (Fsp3) is 0.909. The number of aliphatic hydroxyl groups is 1. The van der Waals surface area contributed by atoms with Crippen LogP contribution in [0.15, 0.2) is 0 Å². The van der Waals surface area contributed by atoms with Gasteiger partial charge in [-0.3, -0.25) is 4.79 Å². The molecule has 1 aliphatic rings. The van der Waals surface area contributed by atoms with Gasteiger partial charge in [0.2, 0.25) is 0 Å². The second-order valence-corrected chi connectivity index (χ2v) is 4.81. The van der Waals surface area contributed by atoms with Gasteiger partial charge in [0.05, 0.1) is 6.10 Å². The van der Waals surface area contributed by atoms with Crippen molar-refractivity contribution in [3.05, 3.63) is 0 Å². The molecule has 82 valence electrons. The lowest BCUT2D eigenvalue weighted by Gasteiger charge is -2.43. The summed E-state index contributed by atoms with van der Waals surface area (Å²) < 4.78 is 0. The molecule has 0 aliphatic heterocycles. The lowest BCUT2D eigenvalue weighted by Crippen LogP contribution is -2.60. The van der Waals surface area contributed by atoms with Crippen molar-refractivity contribution in [3.63, 3.8) is 0 Å². The van der Waals surface area contributed by atoms with Gasteiger partial charge >= 0.3 is 0 Å². The predicted molar refractivity (Wildman–Crippen MR) is 56.0 cm³/mol.